The highest BCUT2D eigenvalue weighted by Crippen LogP contribution is 2.22. The molecule has 2 aromatic rings. The number of aromatic nitrogens is 2. The summed E-state index contributed by atoms with van der Waals surface area (Å²) in [6, 6.07) is 9.21. The third kappa shape index (κ3) is 5.00. The molecule has 0 atom stereocenters. The lowest BCUT2D eigenvalue weighted by molar-refractivity contribution is -0.123. The molecule has 9 heteroatoms. The molecule has 154 valence electrons. The van der Waals surface area contributed by atoms with E-state index in [1.165, 1.54) is 10.9 Å². The highest BCUT2D eigenvalue weighted by Gasteiger charge is 2.26. The Hall–Kier alpha value is -3.20. The van der Waals surface area contributed by atoms with Crippen molar-refractivity contribution in [1.29, 1.82) is 0 Å². The number of likely N-dealkylation sites (tertiary alicyclic amines) is 1. The number of para-hydroxylation sites is 1. The molecule has 2 heterocycles. The minimum atomic E-state index is -0.549. The molecule has 0 radical (unpaired) electrons. The van der Waals surface area contributed by atoms with Crippen LogP contribution in [0.3, 0.4) is 0 Å². The van der Waals surface area contributed by atoms with E-state index < -0.39 is 5.97 Å². The number of hydrogen-bond acceptors (Lipinski definition) is 6. The summed E-state index contributed by atoms with van der Waals surface area (Å²) in [6.45, 7) is 3.31. The van der Waals surface area contributed by atoms with Crippen LogP contribution in [0, 0.1) is 5.92 Å². The average molecular weight is 399 g/mol. The molecule has 29 heavy (non-hydrogen) atoms. The molecule has 0 aliphatic carbocycles. The number of piperidine rings is 1. The van der Waals surface area contributed by atoms with Gasteiger partial charge in [0.15, 0.2) is 5.82 Å². The number of esters is 1. The van der Waals surface area contributed by atoms with Crippen molar-refractivity contribution in [3.05, 3.63) is 42.1 Å². The summed E-state index contributed by atoms with van der Waals surface area (Å²) in [5.41, 5.74) is 6.26. The van der Waals surface area contributed by atoms with Gasteiger partial charge in [0.25, 0.3) is 0 Å². The van der Waals surface area contributed by atoms with E-state index in [1.807, 2.05) is 35.2 Å². The van der Waals surface area contributed by atoms with Crippen molar-refractivity contribution in [2.45, 2.75) is 19.8 Å². The van der Waals surface area contributed by atoms with Crippen LogP contribution in [0.4, 0.5) is 5.82 Å². The number of nitrogens with two attached hydrogens (primary N) is 1. The van der Waals surface area contributed by atoms with Crippen molar-refractivity contribution in [2.75, 3.05) is 31.6 Å². The van der Waals surface area contributed by atoms with Crippen LogP contribution in [-0.2, 0) is 14.3 Å². The SMILES string of the molecule is CCOC(=O)c1cnn(-c2ccccc2)c1NC(=O)CN1CCC(C(N)=O)CC1. The second-order valence-corrected chi connectivity index (χ2v) is 6.88. The van der Waals surface area contributed by atoms with E-state index in [1.54, 1.807) is 6.92 Å². The maximum Gasteiger partial charge on any atom is 0.343 e. The van der Waals surface area contributed by atoms with Gasteiger partial charge in [0.2, 0.25) is 11.8 Å². The van der Waals surface area contributed by atoms with Crippen molar-refractivity contribution < 1.29 is 19.1 Å². The Kier molecular flexibility index (Phi) is 6.61. The van der Waals surface area contributed by atoms with E-state index >= 15 is 0 Å². The minimum Gasteiger partial charge on any atom is -0.462 e. The number of benzene rings is 1. The zero-order valence-corrected chi connectivity index (χ0v) is 16.3. The molecule has 0 spiro atoms. The van der Waals surface area contributed by atoms with Gasteiger partial charge in [-0.2, -0.15) is 5.10 Å². The van der Waals surface area contributed by atoms with Crippen LogP contribution >= 0.6 is 0 Å². The van der Waals surface area contributed by atoms with Gasteiger partial charge in [-0.15, -0.1) is 0 Å². The number of primary amides is 1. The van der Waals surface area contributed by atoms with E-state index in [0.29, 0.717) is 31.6 Å². The van der Waals surface area contributed by atoms with Gasteiger partial charge >= 0.3 is 5.97 Å². The predicted octanol–water partition coefficient (Wildman–Crippen LogP) is 1.18. The van der Waals surface area contributed by atoms with Crippen molar-refractivity contribution in [3.63, 3.8) is 0 Å². The van der Waals surface area contributed by atoms with Crippen molar-refractivity contribution >= 4 is 23.6 Å². The summed E-state index contributed by atoms with van der Waals surface area (Å²) in [5.74, 6) is -0.978. The molecular weight excluding hydrogens is 374 g/mol. The Labute approximate surface area is 168 Å². The van der Waals surface area contributed by atoms with Crippen LogP contribution in [0.1, 0.15) is 30.1 Å². The fourth-order valence-electron chi connectivity index (χ4n) is 3.34. The van der Waals surface area contributed by atoms with Crippen molar-refractivity contribution in [3.8, 4) is 5.69 Å². The van der Waals surface area contributed by atoms with Crippen molar-refractivity contribution in [2.24, 2.45) is 11.7 Å². The highest BCUT2D eigenvalue weighted by molar-refractivity contribution is 6.01. The number of carbonyl (C=O) groups is 3. The molecule has 1 aliphatic heterocycles. The number of nitrogens with zero attached hydrogens (tertiary/aromatic N) is 3. The number of ether oxygens (including phenoxy) is 1. The van der Waals surface area contributed by atoms with Gasteiger partial charge < -0.3 is 15.8 Å². The monoisotopic (exact) mass is 399 g/mol. The van der Waals surface area contributed by atoms with E-state index in [9.17, 15) is 14.4 Å². The van der Waals surface area contributed by atoms with Gasteiger partial charge in [0, 0.05) is 5.92 Å². The first kappa shape index (κ1) is 20.5. The summed E-state index contributed by atoms with van der Waals surface area (Å²) >= 11 is 0. The Morgan fingerprint density at radius 2 is 1.90 bits per heavy atom. The smallest absolute Gasteiger partial charge is 0.343 e. The van der Waals surface area contributed by atoms with Crippen LogP contribution in [-0.4, -0.2) is 58.7 Å². The lowest BCUT2D eigenvalue weighted by atomic mass is 9.96. The topological polar surface area (TPSA) is 120 Å². The van der Waals surface area contributed by atoms with E-state index in [0.717, 1.165) is 0 Å². The number of amides is 2. The Balaban J connectivity index is 1.74. The molecule has 0 unspecified atom stereocenters. The first-order valence-electron chi connectivity index (χ1n) is 9.61. The first-order valence-corrected chi connectivity index (χ1v) is 9.61. The zero-order valence-electron chi connectivity index (χ0n) is 16.3. The van der Waals surface area contributed by atoms with E-state index in [-0.39, 0.29) is 42.3 Å². The lowest BCUT2D eigenvalue weighted by Crippen LogP contribution is -2.42. The number of rotatable bonds is 7. The minimum absolute atomic E-state index is 0.135. The summed E-state index contributed by atoms with van der Waals surface area (Å²) < 4.78 is 6.59. The van der Waals surface area contributed by atoms with E-state index in [4.69, 9.17) is 10.5 Å². The molecule has 3 rings (SSSR count). The molecule has 2 amide bonds. The molecular formula is C20H25N5O4. The zero-order chi connectivity index (χ0) is 20.8. The summed E-state index contributed by atoms with van der Waals surface area (Å²) in [6.07, 6.45) is 2.66. The first-order chi connectivity index (χ1) is 14.0. The molecule has 3 N–H and O–H groups in total. The molecule has 1 aliphatic rings. The normalized spacial score (nSPS) is 15.1. The summed E-state index contributed by atoms with van der Waals surface area (Å²) in [4.78, 5) is 38.2. The van der Waals surface area contributed by atoms with Gasteiger partial charge in [-0.25, -0.2) is 9.48 Å². The molecule has 0 bridgehead atoms. The molecule has 1 fully saturated rings. The quantitative estimate of drug-likeness (QED) is 0.675. The van der Waals surface area contributed by atoms with Crippen LogP contribution < -0.4 is 11.1 Å². The average Bonchev–Trinajstić information content (AvgIpc) is 3.12. The van der Waals surface area contributed by atoms with Crippen molar-refractivity contribution in [1.82, 2.24) is 14.7 Å². The van der Waals surface area contributed by atoms with Gasteiger partial charge in [0.1, 0.15) is 5.56 Å². The Morgan fingerprint density at radius 1 is 1.21 bits per heavy atom. The summed E-state index contributed by atoms with van der Waals surface area (Å²) in [5, 5.41) is 7.06. The molecule has 1 aromatic heterocycles. The van der Waals surface area contributed by atoms with Crippen LogP contribution in [0.5, 0.6) is 0 Å². The van der Waals surface area contributed by atoms with Gasteiger partial charge in [-0.3, -0.25) is 14.5 Å². The van der Waals surface area contributed by atoms with Gasteiger partial charge in [-0.1, -0.05) is 18.2 Å². The maximum atomic E-state index is 12.7. The second kappa shape index (κ2) is 9.33. The maximum absolute atomic E-state index is 12.7. The molecule has 1 saturated heterocycles. The highest BCUT2D eigenvalue weighted by atomic mass is 16.5. The predicted molar refractivity (Wildman–Crippen MR) is 107 cm³/mol. The van der Waals surface area contributed by atoms with Gasteiger partial charge in [0.05, 0.1) is 25.0 Å². The number of anilines is 1. The second-order valence-electron chi connectivity index (χ2n) is 6.88. The fraction of sp³-hybridized carbons (Fsp3) is 0.400. The Morgan fingerprint density at radius 3 is 2.52 bits per heavy atom. The third-order valence-corrected chi connectivity index (χ3v) is 4.88. The van der Waals surface area contributed by atoms with Crippen LogP contribution in [0.2, 0.25) is 0 Å². The number of hydrogen-bond donors (Lipinski definition) is 2. The van der Waals surface area contributed by atoms with Crippen LogP contribution in [0.25, 0.3) is 5.69 Å². The fourth-order valence-corrected chi connectivity index (χ4v) is 3.34. The number of nitrogens with one attached hydrogen (secondary N) is 1. The lowest BCUT2D eigenvalue weighted by Gasteiger charge is -2.29. The standard InChI is InChI=1S/C20H25N5O4/c1-2-29-20(28)16-12-22-25(15-6-4-3-5-7-15)19(16)23-17(26)13-24-10-8-14(9-11-24)18(21)27/h3-7,12,14H,2,8-11,13H2,1H3,(H2,21,27)(H,23,26). The summed E-state index contributed by atoms with van der Waals surface area (Å²) in [7, 11) is 0. The Bertz CT molecular complexity index is 872. The van der Waals surface area contributed by atoms with E-state index in [2.05, 4.69) is 10.4 Å². The third-order valence-electron chi connectivity index (χ3n) is 4.88. The largest absolute Gasteiger partial charge is 0.462 e. The number of carbonyl (C=O) groups excluding carboxylic acids is 3. The molecule has 0 saturated carbocycles. The molecule has 1 aromatic carbocycles. The van der Waals surface area contributed by atoms with Crippen LogP contribution in [0.15, 0.2) is 36.5 Å². The van der Waals surface area contributed by atoms with Gasteiger partial charge in [-0.05, 0) is 45.0 Å². The molecule has 9 nitrogen and oxygen atoms in total.